The van der Waals surface area contributed by atoms with Gasteiger partial charge in [0.25, 0.3) is 0 Å². The molecule has 0 aliphatic carbocycles. The molecule has 3 aromatic rings. The topological polar surface area (TPSA) is 17.8 Å². The first kappa shape index (κ1) is 13.9. The summed E-state index contributed by atoms with van der Waals surface area (Å²) in [7, 11) is 0. The van der Waals surface area contributed by atoms with E-state index in [9.17, 15) is 0 Å². The van der Waals surface area contributed by atoms with Crippen LogP contribution in [0, 0.1) is 0 Å². The lowest BCUT2D eigenvalue weighted by Gasteiger charge is -2.09. The van der Waals surface area contributed by atoms with E-state index >= 15 is 0 Å². The monoisotopic (exact) mass is 368 g/mol. The first-order valence-corrected chi connectivity index (χ1v) is 7.88. The molecule has 0 N–H and O–H groups in total. The maximum atomic E-state index is 6.11. The minimum Gasteiger partial charge on any atom is -0.296 e. The number of rotatable bonds is 3. The molecule has 0 unspecified atom stereocenters. The number of aromatic nitrogens is 2. The van der Waals surface area contributed by atoms with Crippen molar-refractivity contribution >= 4 is 50.2 Å². The van der Waals surface area contributed by atoms with E-state index in [4.69, 9.17) is 23.2 Å². The first-order valence-electron chi connectivity index (χ1n) is 6.18. The van der Waals surface area contributed by atoms with Crippen LogP contribution in [0.25, 0.3) is 16.7 Å². The van der Waals surface area contributed by atoms with Gasteiger partial charge in [-0.3, -0.25) is 4.57 Å². The van der Waals surface area contributed by atoms with Gasteiger partial charge in [0.2, 0.25) is 0 Å². The fraction of sp³-hybridized carbons (Fsp3) is 0.133. The van der Waals surface area contributed by atoms with Crippen LogP contribution in [-0.2, 0) is 6.42 Å². The molecule has 2 nitrogen and oxygen atoms in total. The highest BCUT2D eigenvalue weighted by molar-refractivity contribution is 9.10. The molecule has 0 aliphatic heterocycles. The van der Waals surface area contributed by atoms with Crippen LogP contribution >= 0.6 is 39.1 Å². The Bertz CT molecular complexity index is 750. The zero-order valence-electron chi connectivity index (χ0n) is 10.5. The van der Waals surface area contributed by atoms with Crippen molar-refractivity contribution in [1.82, 2.24) is 9.55 Å². The SMILES string of the molecule is ClCCc1nc2ccc(Cl)cc2n1-c1ccc(Br)cc1. The van der Waals surface area contributed by atoms with Crippen molar-refractivity contribution in [2.45, 2.75) is 6.42 Å². The lowest BCUT2D eigenvalue weighted by molar-refractivity contribution is 0.912. The molecular weight excluding hydrogens is 359 g/mol. The number of benzene rings is 2. The van der Waals surface area contributed by atoms with Crippen LogP contribution in [0.5, 0.6) is 0 Å². The van der Waals surface area contributed by atoms with Gasteiger partial charge in [-0.25, -0.2) is 4.98 Å². The van der Waals surface area contributed by atoms with E-state index < -0.39 is 0 Å². The van der Waals surface area contributed by atoms with Crippen LogP contribution in [0.2, 0.25) is 5.02 Å². The van der Waals surface area contributed by atoms with Crippen LogP contribution in [0.15, 0.2) is 46.9 Å². The predicted octanol–water partition coefficient (Wildman–Crippen LogP) is 5.22. The van der Waals surface area contributed by atoms with E-state index in [1.54, 1.807) is 0 Å². The van der Waals surface area contributed by atoms with Crippen molar-refractivity contribution in [2.75, 3.05) is 5.88 Å². The highest BCUT2D eigenvalue weighted by atomic mass is 79.9. The molecule has 0 radical (unpaired) electrons. The van der Waals surface area contributed by atoms with Gasteiger partial charge >= 0.3 is 0 Å². The van der Waals surface area contributed by atoms with Crippen molar-refractivity contribution in [2.24, 2.45) is 0 Å². The second-order valence-corrected chi connectivity index (χ2v) is 6.14. The zero-order chi connectivity index (χ0) is 14.1. The maximum Gasteiger partial charge on any atom is 0.115 e. The normalized spacial score (nSPS) is 11.2. The summed E-state index contributed by atoms with van der Waals surface area (Å²) in [6.07, 6.45) is 0.712. The Morgan fingerprint density at radius 3 is 2.55 bits per heavy atom. The predicted molar refractivity (Wildman–Crippen MR) is 88.2 cm³/mol. The summed E-state index contributed by atoms with van der Waals surface area (Å²) in [6, 6.07) is 13.8. The fourth-order valence-corrected chi connectivity index (χ4v) is 2.83. The maximum absolute atomic E-state index is 6.11. The van der Waals surface area contributed by atoms with E-state index in [1.165, 1.54) is 0 Å². The summed E-state index contributed by atoms with van der Waals surface area (Å²) in [5, 5.41) is 0.702. The summed E-state index contributed by atoms with van der Waals surface area (Å²) in [5.41, 5.74) is 2.98. The molecule has 0 fully saturated rings. The number of hydrogen-bond donors (Lipinski definition) is 0. The number of halogens is 3. The van der Waals surface area contributed by atoms with Crippen molar-refractivity contribution in [1.29, 1.82) is 0 Å². The van der Waals surface area contributed by atoms with Gasteiger partial charge in [0.1, 0.15) is 5.82 Å². The number of hydrogen-bond acceptors (Lipinski definition) is 1. The molecule has 0 aliphatic rings. The van der Waals surface area contributed by atoms with Crippen molar-refractivity contribution in [3.63, 3.8) is 0 Å². The molecule has 0 saturated heterocycles. The summed E-state index contributed by atoms with van der Waals surface area (Å²) < 4.78 is 3.15. The second kappa shape index (κ2) is 5.76. The van der Waals surface area contributed by atoms with Gasteiger partial charge in [0.05, 0.1) is 11.0 Å². The third-order valence-electron chi connectivity index (χ3n) is 3.09. The first-order chi connectivity index (χ1) is 9.69. The zero-order valence-corrected chi connectivity index (χ0v) is 13.6. The molecule has 0 atom stereocenters. The van der Waals surface area contributed by atoms with Crippen LogP contribution in [0.3, 0.4) is 0 Å². The lowest BCUT2D eigenvalue weighted by atomic mass is 10.2. The van der Waals surface area contributed by atoms with Crippen LogP contribution in [-0.4, -0.2) is 15.4 Å². The van der Waals surface area contributed by atoms with Crippen LogP contribution < -0.4 is 0 Å². The largest absolute Gasteiger partial charge is 0.296 e. The minimum absolute atomic E-state index is 0.535. The highest BCUT2D eigenvalue weighted by Crippen LogP contribution is 2.25. The third kappa shape index (κ3) is 2.58. The molecule has 20 heavy (non-hydrogen) atoms. The quantitative estimate of drug-likeness (QED) is 0.578. The Labute approximate surface area is 135 Å². The molecule has 2 aromatic carbocycles. The third-order valence-corrected chi connectivity index (χ3v) is 4.04. The van der Waals surface area contributed by atoms with Crippen molar-refractivity contribution in [3.05, 3.63) is 57.8 Å². The van der Waals surface area contributed by atoms with Gasteiger partial charge < -0.3 is 0 Å². The Balaban J connectivity index is 2.27. The van der Waals surface area contributed by atoms with Gasteiger partial charge in [0.15, 0.2) is 0 Å². The van der Waals surface area contributed by atoms with Crippen molar-refractivity contribution < 1.29 is 0 Å². The fourth-order valence-electron chi connectivity index (χ4n) is 2.23. The summed E-state index contributed by atoms with van der Waals surface area (Å²) in [5.74, 6) is 1.48. The van der Waals surface area contributed by atoms with Crippen LogP contribution in [0.4, 0.5) is 0 Å². The number of nitrogens with zero attached hydrogens (tertiary/aromatic N) is 2. The Kier molecular flexibility index (Phi) is 4.01. The van der Waals surface area contributed by atoms with Gasteiger partial charge in [-0.15, -0.1) is 11.6 Å². The second-order valence-electron chi connectivity index (χ2n) is 4.41. The summed E-state index contributed by atoms with van der Waals surface area (Å²) >= 11 is 15.5. The molecule has 1 aromatic heterocycles. The van der Waals surface area contributed by atoms with E-state index in [1.807, 2.05) is 42.5 Å². The molecule has 1 heterocycles. The smallest absolute Gasteiger partial charge is 0.115 e. The summed E-state index contributed by atoms with van der Waals surface area (Å²) in [4.78, 5) is 4.65. The van der Waals surface area contributed by atoms with Gasteiger partial charge in [-0.05, 0) is 42.5 Å². The minimum atomic E-state index is 0.535. The summed E-state index contributed by atoms with van der Waals surface area (Å²) in [6.45, 7) is 0. The lowest BCUT2D eigenvalue weighted by Crippen LogP contribution is -2.02. The average Bonchev–Trinajstić information content (AvgIpc) is 2.78. The molecule has 0 saturated carbocycles. The number of aryl methyl sites for hydroxylation is 1. The number of imidazole rings is 1. The van der Waals surface area contributed by atoms with E-state index in [0.29, 0.717) is 17.3 Å². The van der Waals surface area contributed by atoms with Gasteiger partial charge in [-0.2, -0.15) is 0 Å². The molecule has 3 rings (SSSR count). The Hall–Kier alpha value is -1.03. The highest BCUT2D eigenvalue weighted by Gasteiger charge is 2.12. The average molecular weight is 370 g/mol. The molecule has 0 bridgehead atoms. The molecule has 102 valence electrons. The van der Waals surface area contributed by atoms with Gasteiger partial charge in [0, 0.05) is 27.5 Å². The molecular formula is C15H11BrCl2N2. The van der Waals surface area contributed by atoms with E-state index in [2.05, 4.69) is 25.5 Å². The number of fused-ring (bicyclic) bond motifs is 1. The van der Waals surface area contributed by atoms with Crippen molar-refractivity contribution in [3.8, 4) is 5.69 Å². The molecule has 5 heteroatoms. The number of alkyl halides is 1. The molecule has 0 spiro atoms. The Morgan fingerprint density at radius 2 is 1.85 bits per heavy atom. The van der Waals surface area contributed by atoms with E-state index in [0.717, 1.165) is 27.0 Å². The Morgan fingerprint density at radius 1 is 1.10 bits per heavy atom. The van der Waals surface area contributed by atoms with Crippen LogP contribution in [0.1, 0.15) is 5.82 Å². The standard InChI is InChI=1S/C15H11BrCl2N2/c16-10-1-4-12(5-2-10)20-14-9-11(18)3-6-13(14)19-15(20)7-8-17/h1-6,9H,7-8H2. The van der Waals surface area contributed by atoms with E-state index in [-0.39, 0.29) is 0 Å². The molecule has 0 amide bonds. The van der Waals surface area contributed by atoms with Gasteiger partial charge in [-0.1, -0.05) is 27.5 Å².